The summed E-state index contributed by atoms with van der Waals surface area (Å²) in [5, 5.41) is 14.4. The number of anilines is 1. The van der Waals surface area contributed by atoms with Crippen molar-refractivity contribution >= 4 is 38.7 Å². The van der Waals surface area contributed by atoms with E-state index >= 15 is 0 Å². The number of carbonyl (C=O) groups excluding carboxylic acids is 1. The fourth-order valence-corrected chi connectivity index (χ4v) is 2.94. The summed E-state index contributed by atoms with van der Waals surface area (Å²) in [7, 11) is 0. The minimum absolute atomic E-state index is 0.0517. The second-order valence-electron chi connectivity index (χ2n) is 4.41. The molecule has 1 amide bonds. The Kier molecular flexibility index (Phi) is 3.37. The van der Waals surface area contributed by atoms with Crippen LogP contribution in [-0.4, -0.2) is 10.8 Å². The van der Waals surface area contributed by atoms with Crippen LogP contribution < -0.4 is 5.32 Å². The lowest BCUT2D eigenvalue weighted by molar-refractivity contribution is -0.384. The van der Waals surface area contributed by atoms with Crippen LogP contribution in [0.4, 0.5) is 11.4 Å². The standard InChI is InChI=1S/C15H10N2O3S/c18-15(14-8-10-4-1-2-7-13(10)21-14)16-11-5-3-6-12(9-11)17(19)20/h1-9H,(H,16,18). The molecule has 1 N–H and O–H groups in total. The van der Waals surface area contributed by atoms with Gasteiger partial charge in [0.25, 0.3) is 11.6 Å². The SMILES string of the molecule is O=C(Nc1cccc([N+](=O)[O-])c1)c1cc2ccccc2s1. The molecule has 0 saturated heterocycles. The average Bonchev–Trinajstić information content (AvgIpc) is 2.91. The summed E-state index contributed by atoms with van der Waals surface area (Å²) in [6.07, 6.45) is 0. The van der Waals surface area contributed by atoms with Gasteiger partial charge in [-0.15, -0.1) is 11.3 Å². The van der Waals surface area contributed by atoms with Crippen LogP contribution in [0.2, 0.25) is 0 Å². The van der Waals surface area contributed by atoms with Gasteiger partial charge < -0.3 is 5.32 Å². The van der Waals surface area contributed by atoms with Crippen LogP contribution in [0.1, 0.15) is 9.67 Å². The van der Waals surface area contributed by atoms with Gasteiger partial charge in [-0.2, -0.15) is 0 Å². The molecule has 0 unspecified atom stereocenters. The van der Waals surface area contributed by atoms with Crippen molar-refractivity contribution in [3.05, 3.63) is 69.6 Å². The molecule has 0 saturated carbocycles. The highest BCUT2D eigenvalue weighted by Crippen LogP contribution is 2.26. The Balaban J connectivity index is 1.85. The molecule has 21 heavy (non-hydrogen) atoms. The van der Waals surface area contributed by atoms with E-state index in [1.165, 1.54) is 23.5 Å². The fourth-order valence-electron chi connectivity index (χ4n) is 1.98. The number of hydrogen-bond acceptors (Lipinski definition) is 4. The van der Waals surface area contributed by atoms with E-state index in [2.05, 4.69) is 5.32 Å². The molecule has 2 aromatic carbocycles. The Morgan fingerprint density at radius 3 is 2.67 bits per heavy atom. The Bertz CT molecular complexity index is 809. The van der Waals surface area contributed by atoms with Crippen molar-refractivity contribution in [1.29, 1.82) is 0 Å². The number of nitro groups is 1. The maximum Gasteiger partial charge on any atom is 0.271 e. The number of carbonyl (C=O) groups is 1. The summed E-state index contributed by atoms with van der Waals surface area (Å²) in [5.74, 6) is -0.267. The van der Waals surface area contributed by atoms with Gasteiger partial charge in [-0.05, 0) is 23.6 Å². The molecule has 0 aliphatic heterocycles. The molecule has 0 atom stereocenters. The van der Waals surface area contributed by atoms with Gasteiger partial charge in [0.05, 0.1) is 9.80 Å². The predicted octanol–water partition coefficient (Wildman–Crippen LogP) is 4.06. The van der Waals surface area contributed by atoms with Crippen LogP contribution >= 0.6 is 11.3 Å². The summed E-state index contributed by atoms with van der Waals surface area (Å²) in [6, 6.07) is 15.4. The molecular formula is C15H10N2O3S. The van der Waals surface area contributed by atoms with Crippen molar-refractivity contribution in [3.8, 4) is 0 Å². The lowest BCUT2D eigenvalue weighted by atomic mass is 10.2. The van der Waals surface area contributed by atoms with Gasteiger partial charge in [0, 0.05) is 22.5 Å². The van der Waals surface area contributed by atoms with E-state index in [-0.39, 0.29) is 11.6 Å². The molecule has 5 nitrogen and oxygen atoms in total. The number of nitro benzene ring substituents is 1. The average molecular weight is 298 g/mol. The molecule has 1 aromatic heterocycles. The number of nitrogens with one attached hydrogen (secondary N) is 1. The van der Waals surface area contributed by atoms with E-state index in [1.807, 2.05) is 30.3 Å². The Morgan fingerprint density at radius 1 is 1.10 bits per heavy atom. The van der Waals surface area contributed by atoms with Crippen molar-refractivity contribution in [2.45, 2.75) is 0 Å². The molecule has 0 radical (unpaired) electrons. The topological polar surface area (TPSA) is 72.2 Å². The monoisotopic (exact) mass is 298 g/mol. The third-order valence-electron chi connectivity index (χ3n) is 2.96. The normalized spacial score (nSPS) is 10.5. The van der Waals surface area contributed by atoms with Gasteiger partial charge in [-0.3, -0.25) is 14.9 Å². The summed E-state index contributed by atoms with van der Waals surface area (Å²) in [6.45, 7) is 0. The Hall–Kier alpha value is -2.73. The number of amides is 1. The third-order valence-corrected chi connectivity index (χ3v) is 4.08. The molecule has 0 spiro atoms. The van der Waals surface area contributed by atoms with Crippen LogP contribution in [0.25, 0.3) is 10.1 Å². The first-order valence-corrected chi connectivity index (χ1v) is 6.99. The fraction of sp³-hybridized carbons (Fsp3) is 0. The van der Waals surface area contributed by atoms with E-state index in [4.69, 9.17) is 0 Å². The molecule has 0 bridgehead atoms. The van der Waals surface area contributed by atoms with Crippen LogP contribution in [0.5, 0.6) is 0 Å². The lowest BCUT2D eigenvalue weighted by Gasteiger charge is -2.02. The molecule has 0 aliphatic carbocycles. The Morgan fingerprint density at radius 2 is 1.90 bits per heavy atom. The minimum atomic E-state index is -0.491. The number of nitrogens with zero attached hydrogens (tertiary/aromatic N) is 1. The lowest BCUT2D eigenvalue weighted by Crippen LogP contribution is -2.10. The number of benzene rings is 2. The van der Waals surface area contributed by atoms with Crippen molar-refractivity contribution in [3.63, 3.8) is 0 Å². The number of hydrogen-bond donors (Lipinski definition) is 1. The smallest absolute Gasteiger partial charge is 0.271 e. The van der Waals surface area contributed by atoms with E-state index < -0.39 is 4.92 Å². The van der Waals surface area contributed by atoms with Gasteiger partial charge in [0.1, 0.15) is 0 Å². The number of rotatable bonds is 3. The van der Waals surface area contributed by atoms with Gasteiger partial charge in [0.15, 0.2) is 0 Å². The van der Waals surface area contributed by atoms with Crippen LogP contribution in [-0.2, 0) is 0 Å². The van der Waals surface area contributed by atoms with Crippen molar-refractivity contribution in [2.75, 3.05) is 5.32 Å². The highest BCUT2D eigenvalue weighted by atomic mass is 32.1. The highest BCUT2D eigenvalue weighted by molar-refractivity contribution is 7.20. The molecule has 3 aromatic rings. The molecule has 0 aliphatic rings. The Labute approximate surface area is 124 Å². The van der Waals surface area contributed by atoms with Crippen molar-refractivity contribution in [1.82, 2.24) is 0 Å². The van der Waals surface area contributed by atoms with E-state index in [0.717, 1.165) is 10.1 Å². The first-order valence-electron chi connectivity index (χ1n) is 6.18. The minimum Gasteiger partial charge on any atom is -0.321 e. The molecule has 1 heterocycles. The molecule has 3 rings (SSSR count). The largest absolute Gasteiger partial charge is 0.321 e. The van der Waals surface area contributed by atoms with Gasteiger partial charge in [-0.1, -0.05) is 24.3 Å². The summed E-state index contributed by atoms with van der Waals surface area (Å²) in [4.78, 5) is 23.0. The second-order valence-corrected chi connectivity index (χ2v) is 5.49. The van der Waals surface area contributed by atoms with Crippen LogP contribution in [0, 0.1) is 10.1 Å². The molecule has 0 fully saturated rings. The van der Waals surface area contributed by atoms with Crippen LogP contribution in [0.15, 0.2) is 54.6 Å². The summed E-state index contributed by atoms with van der Waals surface area (Å²) >= 11 is 1.39. The molecule has 104 valence electrons. The zero-order valence-corrected chi connectivity index (χ0v) is 11.6. The predicted molar refractivity (Wildman–Crippen MR) is 82.9 cm³/mol. The summed E-state index contributed by atoms with van der Waals surface area (Å²) < 4.78 is 1.03. The first kappa shape index (κ1) is 13.3. The zero-order valence-electron chi connectivity index (χ0n) is 10.8. The number of thiophene rings is 1. The van der Waals surface area contributed by atoms with E-state index in [9.17, 15) is 14.9 Å². The first-order chi connectivity index (χ1) is 10.1. The molecule has 6 heteroatoms. The van der Waals surface area contributed by atoms with Crippen molar-refractivity contribution < 1.29 is 9.72 Å². The maximum atomic E-state index is 12.2. The zero-order chi connectivity index (χ0) is 14.8. The van der Waals surface area contributed by atoms with Gasteiger partial charge in [0.2, 0.25) is 0 Å². The van der Waals surface area contributed by atoms with E-state index in [0.29, 0.717) is 10.6 Å². The number of fused-ring (bicyclic) bond motifs is 1. The number of non-ortho nitro benzene ring substituents is 1. The third kappa shape index (κ3) is 2.75. The van der Waals surface area contributed by atoms with Crippen LogP contribution in [0.3, 0.4) is 0 Å². The molecular weight excluding hydrogens is 288 g/mol. The van der Waals surface area contributed by atoms with Gasteiger partial charge >= 0.3 is 0 Å². The summed E-state index contributed by atoms with van der Waals surface area (Å²) in [5.41, 5.74) is 0.357. The highest BCUT2D eigenvalue weighted by Gasteiger charge is 2.12. The van der Waals surface area contributed by atoms with E-state index in [1.54, 1.807) is 12.1 Å². The van der Waals surface area contributed by atoms with Crippen molar-refractivity contribution in [2.24, 2.45) is 0 Å². The quantitative estimate of drug-likeness (QED) is 0.585. The maximum absolute atomic E-state index is 12.2. The van der Waals surface area contributed by atoms with Gasteiger partial charge in [-0.25, -0.2) is 0 Å². The second kappa shape index (κ2) is 5.34.